The van der Waals surface area contributed by atoms with Gasteiger partial charge in [0.1, 0.15) is 67.4 Å². The predicted octanol–water partition coefficient (Wildman–Crippen LogP) is 25.7. The summed E-state index contributed by atoms with van der Waals surface area (Å²) in [6.45, 7) is 58.4. The van der Waals surface area contributed by atoms with E-state index < -0.39 is 121 Å². The van der Waals surface area contributed by atoms with E-state index in [1.54, 1.807) is 0 Å². The average molecular weight is 2060 g/mol. The quantitative estimate of drug-likeness (QED) is 0.0590. The normalized spacial score (nSPS) is 38.9. The maximum atomic E-state index is 14.1. The van der Waals surface area contributed by atoms with Crippen molar-refractivity contribution in [2.24, 2.45) is 130 Å². The summed E-state index contributed by atoms with van der Waals surface area (Å²) in [7, 11) is 0. The molecule has 12 atom stereocenters. The molecule has 24 bridgehead atoms. The molecule has 0 aliphatic heterocycles. The van der Waals surface area contributed by atoms with E-state index in [0.717, 1.165) is 133 Å². The van der Waals surface area contributed by atoms with Crippen LogP contribution in [0.3, 0.4) is 0 Å². The van der Waals surface area contributed by atoms with Crippen LogP contribution in [0, 0.1) is 130 Å². The molecule has 1 N–H and O–H groups in total. The summed E-state index contributed by atoms with van der Waals surface area (Å²) in [5.74, 6) is 2.73. The minimum atomic E-state index is -0.926. The fraction of sp³-hybridized carbons (Fsp3) is 0.902. The Morgan fingerprint density at radius 1 is 0.265 bits per heavy atom. The molecule has 25 rings (SSSR count). The van der Waals surface area contributed by atoms with Crippen molar-refractivity contribution >= 4 is 71.4 Å². The SMILES string of the molecule is CCC(C)(C)C(=O)OC12CC3CC(C(=O)OC(C)(C)C)(C1)CC(C(=O)OC(C)(C)C)(C3)C2.CCC(C)(C)C(=O)OC12CC3CC(C1)CC(C(=O)OC(C)(C)C)(C3)C2.CCC(C)(C)C(=O)OC12CC3CC(C1)CC(C(=O)OC(C)(C)C14CC5CC(CC(C5)C1)C4)(C3)C2.CCC(C)(C)OC(=O)C12CC3CC(OC(=O)C(C)(C)CC)(CC(C1)C3=O)C2.CCC1(OC(=O)C23CC4CC(O)(CC(OC(=O)C(C)(C)CC)(C4)C2)C3)CCCC1. The van der Waals surface area contributed by atoms with Crippen LogP contribution in [0.2, 0.25) is 0 Å². The third-order valence-corrected chi connectivity index (χ3v) is 41.9. The number of hydrogen-bond donors (Lipinski definition) is 1. The zero-order valence-corrected chi connectivity index (χ0v) is 96.7. The Balaban J connectivity index is 0.000000138. The molecule has 25 aliphatic rings. The van der Waals surface area contributed by atoms with Gasteiger partial charge in [-0.3, -0.25) is 57.5 Å². The lowest BCUT2D eigenvalue weighted by molar-refractivity contribution is -0.254. The maximum absolute atomic E-state index is 14.1. The van der Waals surface area contributed by atoms with Gasteiger partial charge in [-0.1, -0.05) is 48.5 Å². The summed E-state index contributed by atoms with van der Waals surface area (Å²) in [4.78, 5) is 158. The van der Waals surface area contributed by atoms with Gasteiger partial charge in [-0.25, -0.2) is 0 Å². The van der Waals surface area contributed by atoms with Crippen molar-refractivity contribution in [2.75, 3.05) is 0 Å². The Morgan fingerprint density at radius 3 is 0.864 bits per heavy atom. The fourth-order valence-corrected chi connectivity index (χ4v) is 33.9. The van der Waals surface area contributed by atoms with Gasteiger partial charge >= 0.3 is 65.7 Å². The smallest absolute Gasteiger partial charge is 0.312 e. The van der Waals surface area contributed by atoms with Gasteiger partial charge in [0, 0.05) is 62.2 Å². The molecule has 0 aromatic rings. The van der Waals surface area contributed by atoms with Crippen LogP contribution in [0.5, 0.6) is 0 Å². The van der Waals surface area contributed by atoms with Crippen molar-refractivity contribution in [3.05, 3.63) is 0 Å². The molecule has 0 saturated heterocycles. The molecule has 830 valence electrons. The number of rotatable bonds is 27. The Kier molecular flexibility index (Phi) is 30.2. The summed E-state index contributed by atoms with van der Waals surface area (Å²) in [5, 5.41) is 11.3. The van der Waals surface area contributed by atoms with E-state index in [1.165, 1.54) is 51.4 Å². The molecule has 0 aromatic carbocycles. The predicted molar refractivity (Wildman–Crippen MR) is 557 cm³/mol. The van der Waals surface area contributed by atoms with Gasteiger partial charge in [-0.15, -0.1) is 0 Å². The van der Waals surface area contributed by atoms with Crippen LogP contribution in [0.25, 0.3) is 0 Å². The van der Waals surface area contributed by atoms with Gasteiger partial charge < -0.3 is 57.2 Å². The van der Waals surface area contributed by atoms with Gasteiger partial charge in [0.05, 0.1) is 65.2 Å². The Hall–Kier alpha value is -6.20. The minimum Gasteiger partial charge on any atom is -0.460 e. The van der Waals surface area contributed by atoms with Crippen molar-refractivity contribution in [3.8, 4) is 0 Å². The molecule has 24 nitrogen and oxygen atoms in total. The van der Waals surface area contributed by atoms with Crippen LogP contribution < -0.4 is 0 Å². The molecule has 0 radical (unpaired) electrons. The maximum Gasteiger partial charge on any atom is 0.312 e. The van der Waals surface area contributed by atoms with Crippen molar-refractivity contribution in [1.29, 1.82) is 0 Å². The lowest BCUT2D eigenvalue weighted by atomic mass is 9.42. The zero-order chi connectivity index (χ0) is 109. The third-order valence-electron chi connectivity index (χ3n) is 41.9. The number of hydrogen-bond acceptors (Lipinski definition) is 24. The summed E-state index contributed by atoms with van der Waals surface area (Å²) in [6.07, 6.45) is 37.7. The first-order valence-corrected chi connectivity index (χ1v) is 58.3. The number of esters is 11. The Morgan fingerprint density at radius 2 is 0.537 bits per heavy atom. The molecular formula is C123H194O24. The number of Topliss-reactive ketones (excluding diaryl/α,β-unsaturated/α-hetero) is 1. The highest BCUT2D eigenvalue weighted by molar-refractivity contribution is 5.91. The topological polar surface area (TPSA) is 327 Å². The van der Waals surface area contributed by atoms with E-state index in [9.17, 15) is 62.6 Å². The molecule has 12 unspecified atom stereocenters. The van der Waals surface area contributed by atoms with E-state index in [-0.39, 0.29) is 106 Å². The number of ketones is 1. The van der Waals surface area contributed by atoms with Crippen LogP contribution in [0.1, 0.15) is 503 Å². The van der Waals surface area contributed by atoms with Crippen molar-refractivity contribution in [1.82, 2.24) is 0 Å². The highest BCUT2D eigenvalue weighted by atomic mass is 16.6. The van der Waals surface area contributed by atoms with Crippen LogP contribution in [-0.2, 0) is 110 Å². The molecule has 25 fully saturated rings. The van der Waals surface area contributed by atoms with Crippen molar-refractivity contribution in [3.63, 3.8) is 0 Å². The first-order valence-electron chi connectivity index (χ1n) is 58.3. The monoisotopic (exact) mass is 2060 g/mol. The van der Waals surface area contributed by atoms with Crippen LogP contribution in [0.4, 0.5) is 0 Å². The van der Waals surface area contributed by atoms with E-state index in [2.05, 4.69) is 20.8 Å². The van der Waals surface area contributed by atoms with Crippen molar-refractivity contribution in [2.45, 2.75) is 570 Å². The number of carbonyl (C=O) groups is 12. The Labute approximate surface area is 881 Å². The van der Waals surface area contributed by atoms with Crippen LogP contribution in [-0.4, -0.2) is 144 Å². The molecule has 24 heteroatoms. The van der Waals surface area contributed by atoms with Gasteiger partial charge in [0.15, 0.2) is 0 Å². The largest absolute Gasteiger partial charge is 0.460 e. The lowest BCUT2D eigenvalue weighted by Gasteiger charge is -2.63. The molecule has 0 heterocycles. The second kappa shape index (κ2) is 38.7. The summed E-state index contributed by atoms with van der Waals surface area (Å²) < 4.78 is 67.3. The second-order valence-electron chi connectivity index (χ2n) is 60.9. The average Bonchev–Trinajstić information content (AvgIpc) is 1.60. The third kappa shape index (κ3) is 22.9. The van der Waals surface area contributed by atoms with E-state index in [1.807, 2.05) is 187 Å². The number of ether oxygens (including phenoxy) is 11. The lowest BCUT2D eigenvalue weighted by Crippen LogP contribution is -2.67. The molecule has 25 saturated carbocycles. The second-order valence-corrected chi connectivity index (χ2v) is 60.9. The number of carbonyl (C=O) groups excluding carboxylic acids is 12. The standard InChI is InChI=1S/C30H46O4.C26H42O6.C24H38O5.C22H34O5.C21H34O4/c1-6-26(2,3)24(31)34-30-16-22-10-23(17-30)12-28(11-22,18-30)25(32)33-27(4,5)29-13-19-7-20(14-29)9-21(8-19)15-29;1-10-23(8,9)18(27)32-26-13-17-11-24(15-26,19(28)30-21(2,3)4)14-25(12-17,16-26)20(29)31-22(5,6)7;1-5-20(3,4)18(25)28-24-13-17-11-21(15-24,14-22(27,12-17)16-24)19(26)29-23(6-2)9-7-8-10-23;1-7-19(3,4)17(24)27-22-11-14-9-21(13-22,10-15(12-22)16(14)23)18(25)26-20(5,6)8-2;1-7-19(5,6)16(22)25-21-11-14-8-15(12-21)10-20(9-14,13-21)17(23)24-18(2,3)4/h19-23H,6-18H2,1-5H3;17H,10-16H2,1-9H3;17,27H,5-16H2,1-4H3;14-15H,7-13H2,1-6H3;14-15H,7-13H2,1-6H3. The van der Waals surface area contributed by atoms with Gasteiger partial charge in [-0.05, 0) is 463 Å². The highest BCUT2D eigenvalue weighted by Gasteiger charge is 2.75. The van der Waals surface area contributed by atoms with Gasteiger partial charge in [-0.2, -0.15) is 0 Å². The Bertz CT molecular complexity index is 4890. The molecule has 25 aliphatic carbocycles. The summed E-state index contributed by atoms with van der Waals surface area (Å²) in [5.41, 5.74) is -13.6. The first-order chi connectivity index (χ1) is 67.5. The summed E-state index contributed by atoms with van der Waals surface area (Å²) >= 11 is 0. The molecule has 0 spiro atoms. The molecule has 0 amide bonds. The van der Waals surface area contributed by atoms with E-state index in [4.69, 9.17) is 52.1 Å². The van der Waals surface area contributed by atoms with Gasteiger partial charge in [0.25, 0.3) is 0 Å². The van der Waals surface area contributed by atoms with E-state index in [0.29, 0.717) is 152 Å². The van der Waals surface area contributed by atoms with E-state index >= 15 is 0 Å². The van der Waals surface area contributed by atoms with Crippen LogP contribution in [0.15, 0.2) is 0 Å². The minimum absolute atomic E-state index is 0.0255. The molecule has 147 heavy (non-hydrogen) atoms. The fourth-order valence-electron chi connectivity index (χ4n) is 33.9. The van der Waals surface area contributed by atoms with Crippen LogP contribution >= 0.6 is 0 Å². The first kappa shape index (κ1) is 115. The highest BCUT2D eigenvalue weighted by Crippen LogP contribution is 2.73. The number of aliphatic hydroxyl groups is 1. The zero-order valence-electron chi connectivity index (χ0n) is 96.7. The molecular weight excluding hydrogens is 1860 g/mol. The van der Waals surface area contributed by atoms with Crippen molar-refractivity contribution < 1.29 is 115 Å². The van der Waals surface area contributed by atoms with Gasteiger partial charge in [0.2, 0.25) is 0 Å². The molecule has 0 aromatic heterocycles. The summed E-state index contributed by atoms with van der Waals surface area (Å²) in [6, 6.07) is 0.